The molecule has 0 aliphatic heterocycles. The summed E-state index contributed by atoms with van der Waals surface area (Å²) in [4.78, 5) is 19.8. The zero-order chi connectivity index (χ0) is 50.7. The second kappa shape index (κ2) is 26.4. The van der Waals surface area contributed by atoms with Crippen molar-refractivity contribution in [3.8, 4) is 33.8 Å². The van der Waals surface area contributed by atoms with Crippen LogP contribution in [0.1, 0.15) is 0 Å². The molecule has 3 heterocycles. The molecule has 0 radical (unpaired) electrons. The van der Waals surface area contributed by atoms with Crippen molar-refractivity contribution in [1.82, 2.24) is 15.0 Å². The number of hydrogen-bond donors (Lipinski definition) is 0. The Balaban J connectivity index is 0.000000138. The molecule has 0 aliphatic carbocycles. The van der Waals surface area contributed by atoms with Crippen LogP contribution in [0, 0.1) is 18.2 Å². The predicted molar refractivity (Wildman–Crippen MR) is 310 cm³/mol. The van der Waals surface area contributed by atoms with Gasteiger partial charge in [0.25, 0.3) is 0 Å². The van der Waals surface area contributed by atoms with Gasteiger partial charge in [0.15, 0.2) is 0 Å². The molecule has 12 rings (SSSR count). The minimum absolute atomic E-state index is 0. The van der Waals surface area contributed by atoms with E-state index in [1.807, 2.05) is 109 Å². The fraction of sp³-hybridized carbons (Fsp3) is 0. The first-order chi connectivity index (χ1) is 37.2. The van der Waals surface area contributed by atoms with E-state index in [-0.39, 0.29) is 20.1 Å². The van der Waals surface area contributed by atoms with Crippen LogP contribution in [-0.4, -0.2) is 15.0 Å². The van der Waals surface area contributed by atoms with E-state index in [0.29, 0.717) is 0 Å². The zero-order valence-corrected chi connectivity index (χ0v) is 43.9. The second-order valence-corrected chi connectivity index (χ2v) is 17.0. The van der Waals surface area contributed by atoms with Crippen LogP contribution in [0.4, 0.5) is 51.2 Å². The first kappa shape index (κ1) is 51.4. The number of pyridine rings is 3. The fourth-order valence-electron chi connectivity index (χ4n) is 8.52. The van der Waals surface area contributed by atoms with E-state index in [1.165, 1.54) is 0 Å². The van der Waals surface area contributed by atoms with Crippen LogP contribution in [0.2, 0.25) is 0 Å². The molecule has 0 unspecified atom stereocenters. The summed E-state index contributed by atoms with van der Waals surface area (Å²) >= 11 is 0. The Morgan fingerprint density at radius 2 is 0.421 bits per heavy atom. The Bertz CT molecular complexity index is 3030. The van der Waals surface area contributed by atoms with Gasteiger partial charge >= 0.3 is 20.1 Å². The Labute approximate surface area is 459 Å². The van der Waals surface area contributed by atoms with E-state index >= 15 is 0 Å². The molecule has 0 amide bonds. The van der Waals surface area contributed by atoms with Crippen LogP contribution in [0.15, 0.2) is 310 Å². The number of para-hydroxylation sites is 6. The van der Waals surface area contributed by atoms with E-state index in [9.17, 15) is 0 Å². The van der Waals surface area contributed by atoms with Gasteiger partial charge in [0.05, 0.1) is 0 Å². The van der Waals surface area contributed by atoms with Gasteiger partial charge in [-0.15, -0.1) is 89.5 Å². The molecule has 0 fully saturated rings. The maximum atomic E-state index is 4.39. The summed E-state index contributed by atoms with van der Waals surface area (Å²) in [7, 11) is 0. The van der Waals surface area contributed by atoms with Crippen LogP contribution < -0.4 is 14.7 Å². The van der Waals surface area contributed by atoms with Crippen molar-refractivity contribution in [2.75, 3.05) is 14.7 Å². The molecule has 76 heavy (non-hydrogen) atoms. The van der Waals surface area contributed by atoms with E-state index in [0.717, 1.165) is 85.0 Å². The van der Waals surface area contributed by atoms with Crippen LogP contribution >= 0.6 is 0 Å². The average Bonchev–Trinajstić information content (AvgIpc) is 3.51. The maximum Gasteiger partial charge on any atom is 3.00 e. The largest absolute Gasteiger partial charge is 3.00 e. The van der Waals surface area contributed by atoms with E-state index in [1.54, 1.807) is 18.6 Å². The molecule has 366 valence electrons. The Morgan fingerprint density at radius 1 is 0.211 bits per heavy atom. The minimum Gasteiger partial charge on any atom is -0.352 e. The number of benzene rings is 9. The summed E-state index contributed by atoms with van der Waals surface area (Å²) in [6.45, 7) is 0. The molecule has 9 aromatic carbocycles. The Kier molecular flexibility index (Phi) is 17.9. The van der Waals surface area contributed by atoms with Crippen LogP contribution in [0.3, 0.4) is 0 Å². The zero-order valence-electron chi connectivity index (χ0n) is 41.5. The van der Waals surface area contributed by atoms with Crippen molar-refractivity contribution >= 4 is 51.2 Å². The van der Waals surface area contributed by atoms with Gasteiger partial charge in [-0.2, -0.15) is 0 Å². The number of anilines is 9. The van der Waals surface area contributed by atoms with Crippen molar-refractivity contribution < 1.29 is 20.1 Å². The third-order valence-electron chi connectivity index (χ3n) is 12.1. The molecule has 7 heteroatoms. The van der Waals surface area contributed by atoms with Gasteiger partial charge in [-0.25, -0.2) is 0 Å². The van der Waals surface area contributed by atoms with E-state index in [4.69, 9.17) is 0 Å². The van der Waals surface area contributed by atoms with Crippen molar-refractivity contribution in [1.29, 1.82) is 0 Å². The van der Waals surface area contributed by atoms with Crippen molar-refractivity contribution in [3.63, 3.8) is 0 Å². The van der Waals surface area contributed by atoms with Gasteiger partial charge in [-0.1, -0.05) is 146 Å². The molecule has 0 atom stereocenters. The fourth-order valence-corrected chi connectivity index (χ4v) is 8.52. The molecule has 6 nitrogen and oxygen atoms in total. The van der Waals surface area contributed by atoms with Gasteiger partial charge in [-0.05, 0) is 125 Å². The van der Waals surface area contributed by atoms with Gasteiger partial charge in [0, 0.05) is 52.7 Å². The molecule has 0 spiro atoms. The van der Waals surface area contributed by atoms with Crippen molar-refractivity contribution in [3.05, 3.63) is 328 Å². The number of hydrogen-bond acceptors (Lipinski definition) is 6. The molecule has 0 saturated carbocycles. The Morgan fingerprint density at radius 3 is 0.592 bits per heavy atom. The van der Waals surface area contributed by atoms with Crippen LogP contribution in [0.5, 0.6) is 0 Å². The first-order valence-corrected chi connectivity index (χ1v) is 24.8. The molecule has 0 bridgehead atoms. The summed E-state index contributed by atoms with van der Waals surface area (Å²) in [5.74, 6) is 0. The van der Waals surface area contributed by atoms with Gasteiger partial charge in [-0.3, -0.25) is 0 Å². The standard InChI is InChI=1S/3C23H17N2.Ir/c3*1-3-9-20(10-4-1)25(21-11-5-2-6-12-21)22-16-14-19(15-17-22)23-13-7-8-18-24-23;/h3*1-14,16-18H;/q3*-1;+3. The van der Waals surface area contributed by atoms with E-state index < -0.39 is 0 Å². The molecular weight excluding hydrogens is 1110 g/mol. The van der Waals surface area contributed by atoms with Crippen molar-refractivity contribution in [2.24, 2.45) is 0 Å². The third-order valence-corrected chi connectivity index (χ3v) is 12.1. The third kappa shape index (κ3) is 13.2. The van der Waals surface area contributed by atoms with Gasteiger partial charge in [0.2, 0.25) is 0 Å². The van der Waals surface area contributed by atoms with Crippen molar-refractivity contribution in [2.45, 2.75) is 0 Å². The van der Waals surface area contributed by atoms with Crippen LogP contribution in [-0.2, 0) is 20.1 Å². The molecule has 3 aromatic heterocycles. The molecule has 0 N–H and O–H groups in total. The maximum absolute atomic E-state index is 4.39. The summed E-state index contributed by atoms with van der Waals surface area (Å²) in [6, 6.07) is 109. The minimum atomic E-state index is 0. The summed E-state index contributed by atoms with van der Waals surface area (Å²) in [5, 5.41) is 0. The van der Waals surface area contributed by atoms with E-state index in [2.05, 4.69) is 230 Å². The number of aromatic nitrogens is 3. The van der Waals surface area contributed by atoms with Crippen LogP contribution in [0.25, 0.3) is 33.8 Å². The number of rotatable bonds is 12. The first-order valence-electron chi connectivity index (χ1n) is 24.8. The monoisotopic (exact) mass is 1160 g/mol. The SMILES string of the molecule is [Ir+3].[c-]1cc(N(c2ccccc2)c2ccccc2)ccc1-c1ccccn1.[c-]1cc(N(c2ccccc2)c2ccccc2)ccc1-c1ccccn1.[c-]1cc(N(c2ccccc2)c2ccccc2)ccc1-c1ccccn1. The second-order valence-electron chi connectivity index (χ2n) is 17.0. The summed E-state index contributed by atoms with van der Waals surface area (Å²) < 4.78 is 0. The smallest absolute Gasteiger partial charge is 0.352 e. The quantitative estimate of drug-likeness (QED) is 0.114. The molecule has 12 aromatic rings. The Hall–Kier alpha value is -9.52. The number of nitrogens with zero attached hydrogens (tertiary/aromatic N) is 6. The average molecular weight is 1160 g/mol. The topological polar surface area (TPSA) is 48.4 Å². The van der Waals surface area contributed by atoms with Gasteiger partial charge in [0.1, 0.15) is 0 Å². The van der Waals surface area contributed by atoms with Gasteiger partial charge < -0.3 is 29.7 Å². The molecule has 0 aliphatic rings. The molecular formula is C69H51IrN6. The summed E-state index contributed by atoms with van der Waals surface area (Å²) in [5.41, 5.74) is 15.7. The normalized spacial score (nSPS) is 10.3. The molecule has 0 saturated heterocycles. The predicted octanol–water partition coefficient (Wildman–Crippen LogP) is 18.1. The summed E-state index contributed by atoms with van der Waals surface area (Å²) in [6.07, 6.45) is 5.41.